The van der Waals surface area contributed by atoms with Crippen molar-refractivity contribution < 1.29 is 4.79 Å². The zero-order chi connectivity index (χ0) is 13.2. The first-order valence-electron chi connectivity index (χ1n) is 7.92. The molecule has 3 aliphatic heterocycles. The molecule has 108 valence electrons. The first-order valence-corrected chi connectivity index (χ1v) is 7.92. The van der Waals surface area contributed by atoms with Gasteiger partial charge in [-0.2, -0.15) is 0 Å². The van der Waals surface area contributed by atoms with Gasteiger partial charge in [-0.05, 0) is 64.2 Å². The topological polar surface area (TPSA) is 35.6 Å². The van der Waals surface area contributed by atoms with Crippen LogP contribution in [0.1, 0.15) is 25.7 Å². The van der Waals surface area contributed by atoms with Gasteiger partial charge in [0, 0.05) is 19.6 Å². The van der Waals surface area contributed by atoms with Crippen molar-refractivity contribution in [1.82, 2.24) is 15.1 Å². The maximum Gasteiger partial charge on any atom is 0.227 e. The zero-order valence-electron chi connectivity index (χ0n) is 12.1. The molecule has 4 heteroatoms. The molecule has 0 bridgehead atoms. The number of rotatable bonds is 2. The van der Waals surface area contributed by atoms with Gasteiger partial charge in [-0.1, -0.05) is 0 Å². The van der Waals surface area contributed by atoms with E-state index in [2.05, 4.69) is 22.2 Å². The molecule has 2 atom stereocenters. The van der Waals surface area contributed by atoms with Crippen LogP contribution in [0.2, 0.25) is 0 Å². The summed E-state index contributed by atoms with van der Waals surface area (Å²) >= 11 is 0. The minimum atomic E-state index is 0.273. The molecule has 0 spiro atoms. The first kappa shape index (κ1) is 13.4. The predicted molar refractivity (Wildman–Crippen MR) is 75.9 cm³/mol. The summed E-state index contributed by atoms with van der Waals surface area (Å²) in [5, 5.41) is 3.47. The summed E-state index contributed by atoms with van der Waals surface area (Å²) in [7, 11) is 2.12. The van der Waals surface area contributed by atoms with Gasteiger partial charge in [0.05, 0.1) is 5.92 Å². The van der Waals surface area contributed by atoms with E-state index < -0.39 is 0 Å². The molecule has 3 aliphatic rings. The van der Waals surface area contributed by atoms with Crippen molar-refractivity contribution in [3.05, 3.63) is 0 Å². The lowest BCUT2D eigenvalue weighted by Crippen LogP contribution is -2.43. The molecule has 0 aromatic rings. The lowest BCUT2D eigenvalue weighted by Gasteiger charge is -2.35. The van der Waals surface area contributed by atoms with Crippen LogP contribution in [0.4, 0.5) is 0 Å². The van der Waals surface area contributed by atoms with E-state index in [1.807, 2.05) is 0 Å². The number of hydrogen-bond donors (Lipinski definition) is 1. The summed E-state index contributed by atoms with van der Waals surface area (Å²) in [6.07, 6.45) is 4.84. The summed E-state index contributed by atoms with van der Waals surface area (Å²) < 4.78 is 0. The van der Waals surface area contributed by atoms with Crippen LogP contribution in [0.15, 0.2) is 0 Å². The highest BCUT2D eigenvalue weighted by Crippen LogP contribution is 2.30. The summed E-state index contributed by atoms with van der Waals surface area (Å²) in [4.78, 5) is 16.9. The van der Waals surface area contributed by atoms with Gasteiger partial charge < -0.3 is 15.1 Å². The quantitative estimate of drug-likeness (QED) is 0.802. The molecule has 3 fully saturated rings. The van der Waals surface area contributed by atoms with Gasteiger partial charge in [0.25, 0.3) is 0 Å². The molecule has 1 amide bonds. The number of nitrogens with zero attached hydrogens (tertiary/aromatic N) is 2. The Balaban J connectivity index is 1.48. The lowest BCUT2D eigenvalue weighted by molar-refractivity contribution is -0.136. The first-order chi connectivity index (χ1) is 9.24. The van der Waals surface area contributed by atoms with E-state index in [1.165, 1.54) is 32.4 Å². The van der Waals surface area contributed by atoms with Gasteiger partial charge in [0.15, 0.2) is 0 Å². The fourth-order valence-corrected chi connectivity index (χ4v) is 4.07. The van der Waals surface area contributed by atoms with Gasteiger partial charge in [-0.25, -0.2) is 0 Å². The monoisotopic (exact) mass is 265 g/mol. The van der Waals surface area contributed by atoms with E-state index in [-0.39, 0.29) is 5.92 Å². The second-order valence-electron chi connectivity index (χ2n) is 6.66. The van der Waals surface area contributed by atoms with Crippen LogP contribution in [0.5, 0.6) is 0 Å². The third-order valence-corrected chi connectivity index (χ3v) is 5.36. The molecular formula is C15H27N3O. The summed E-state index contributed by atoms with van der Waals surface area (Å²) in [6.45, 7) is 6.44. The second kappa shape index (κ2) is 5.80. The molecular weight excluding hydrogens is 238 g/mol. The van der Waals surface area contributed by atoms with Crippen molar-refractivity contribution in [1.29, 1.82) is 0 Å². The Morgan fingerprint density at radius 1 is 1.05 bits per heavy atom. The van der Waals surface area contributed by atoms with E-state index in [1.54, 1.807) is 0 Å². The number of carbonyl (C=O) groups is 1. The second-order valence-corrected chi connectivity index (χ2v) is 6.66. The third kappa shape index (κ3) is 2.95. The molecule has 0 aliphatic carbocycles. The van der Waals surface area contributed by atoms with Crippen molar-refractivity contribution in [3.8, 4) is 0 Å². The SMILES string of the molecule is CN1CCC(C(=O)N2CCC(C3CCNC3)CC2)C1. The number of carbonyl (C=O) groups excluding carboxylic acids is 1. The lowest BCUT2D eigenvalue weighted by atomic mass is 9.83. The van der Waals surface area contributed by atoms with Crippen molar-refractivity contribution >= 4 is 5.91 Å². The van der Waals surface area contributed by atoms with Crippen LogP contribution in [0.3, 0.4) is 0 Å². The van der Waals surface area contributed by atoms with E-state index in [0.29, 0.717) is 5.91 Å². The van der Waals surface area contributed by atoms with E-state index in [0.717, 1.165) is 44.4 Å². The number of amides is 1. The Morgan fingerprint density at radius 3 is 2.42 bits per heavy atom. The number of piperidine rings is 1. The fourth-order valence-electron chi connectivity index (χ4n) is 4.07. The van der Waals surface area contributed by atoms with Gasteiger partial charge >= 0.3 is 0 Å². The van der Waals surface area contributed by atoms with Crippen molar-refractivity contribution in [3.63, 3.8) is 0 Å². The highest BCUT2D eigenvalue weighted by Gasteiger charge is 2.34. The molecule has 3 rings (SSSR count). The maximum atomic E-state index is 12.5. The fraction of sp³-hybridized carbons (Fsp3) is 0.933. The highest BCUT2D eigenvalue weighted by molar-refractivity contribution is 5.79. The normalized spacial score (nSPS) is 34.1. The highest BCUT2D eigenvalue weighted by atomic mass is 16.2. The Hall–Kier alpha value is -0.610. The molecule has 0 saturated carbocycles. The van der Waals surface area contributed by atoms with Crippen LogP contribution in [-0.2, 0) is 4.79 Å². The number of hydrogen-bond acceptors (Lipinski definition) is 3. The van der Waals surface area contributed by atoms with Crippen molar-refractivity contribution in [2.75, 3.05) is 46.3 Å². The minimum Gasteiger partial charge on any atom is -0.342 e. The summed E-state index contributed by atoms with van der Waals surface area (Å²) in [5.74, 6) is 2.42. The van der Waals surface area contributed by atoms with E-state index in [9.17, 15) is 4.79 Å². The standard InChI is InChI=1S/C15H27N3O/c1-17-7-3-14(11-17)15(19)18-8-4-12(5-9-18)13-2-6-16-10-13/h12-14,16H,2-11H2,1H3. The molecule has 19 heavy (non-hydrogen) atoms. The summed E-state index contributed by atoms with van der Waals surface area (Å²) in [6, 6.07) is 0. The van der Waals surface area contributed by atoms with E-state index >= 15 is 0 Å². The average molecular weight is 265 g/mol. The predicted octanol–water partition coefficient (Wildman–Crippen LogP) is 0.786. The van der Waals surface area contributed by atoms with Crippen LogP contribution < -0.4 is 5.32 Å². The van der Waals surface area contributed by atoms with Crippen LogP contribution in [-0.4, -0.2) is 62.0 Å². The molecule has 0 aromatic carbocycles. The molecule has 0 aromatic heterocycles. The third-order valence-electron chi connectivity index (χ3n) is 5.36. The Bertz CT molecular complexity index is 319. The zero-order valence-corrected chi connectivity index (χ0v) is 12.1. The minimum absolute atomic E-state index is 0.273. The Labute approximate surface area is 116 Å². The number of likely N-dealkylation sites (tertiary alicyclic amines) is 2. The Morgan fingerprint density at radius 2 is 1.84 bits per heavy atom. The van der Waals surface area contributed by atoms with Gasteiger partial charge in [-0.3, -0.25) is 4.79 Å². The Kier molecular flexibility index (Phi) is 4.08. The van der Waals surface area contributed by atoms with Crippen LogP contribution in [0, 0.1) is 17.8 Å². The largest absolute Gasteiger partial charge is 0.342 e. The molecule has 2 unspecified atom stereocenters. The number of nitrogens with one attached hydrogen (secondary N) is 1. The van der Waals surface area contributed by atoms with Gasteiger partial charge in [0.1, 0.15) is 0 Å². The van der Waals surface area contributed by atoms with Gasteiger partial charge in [-0.15, -0.1) is 0 Å². The molecule has 4 nitrogen and oxygen atoms in total. The molecule has 0 radical (unpaired) electrons. The maximum absolute atomic E-state index is 12.5. The van der Waals surface area contributed by atoms with Crippen LogP contribution >= 0.6 is 0 Å². The van der Waals surface area contributed by atoms with Crippen molar-refractivity contribution in [2.45, 2.75) is 25.7 Å². The van der Waals surface area contributed by atoms with Gasteiger partial charge in [0.2, 0.25) is 5.91 Å². The van der Waals surface area contributed by atoms with Crippen LogP contribution in [0.25, 0.3) is 0 Å². The van der Waals surface area contributed by atoms with Crippen molar-refractivity contribution in [2.24, 2.45) is 17.8 Å². The summed E-state index contributed by atoms with van der Waals surface area (Å²) in [5.41, 5.74) is 0. The molecule has 1 N–H and O–H groups in total. The molecule has 3 saturated heterocycles. The molecule has 3 heterocycles. The smallest absolute Gasteiger partial charge is 0.227 e. The van der Waals surface area contributed by atoms with E-state index in [4.69, 9.17) is 0 Å². The average Bonchev–Trinajstić information content (AvgIpc) is 3.09.